The Hall–Kier alpha value is -1.84. The summed E-state index contributed by atoms with van der Waals surface area (Å²) in [5, 5.41) is 3.87. The van der Waals surface area contributed by atoms with E-state index < -0.39 is 0 Å². The lowest BCUT2D eigenvalue weighted by Crippen LogP contribution is -2.09. The van der Waals surface area contributed by atoms with Crippen molar-refractivity contribution in [1.29, 1.82) is 0 Å². The molecule has 0 amide bonds. The SMILES string of the molecule is Nc1noc(CC2CCCCC2)c1-c1cccc(F)c1. The molecule has 0 spiro atoms. The molecule has 0 unspecified atom stereocenters. The van der Waals surface area contributed by atoms with Crippen LogP contribution in [-0.2, 0) is 6.42 Å². The van der Waals surface area contributed by atoms with Gasteiger partial charge < -0.3 is 10.3 Å². The number of nitrogen functional groups attached to an aromatic ring is 1. The molecule has 3 nitrogen and oxygen atoms in total. The zero-order valence-electron chi connectivity index (χ0n) is 11.4. The second-order valence-corrected chi connectivity index (χ2v) is 5.58. The van der Waals surface area contributed by atoms with Crippen LogP contribution in [0.15, 0.2) is 28.8 Å². The minimum Gasteiger partial charge on any atom is -0.380 e. The normalized spacial score (nSPS) is 16.4. The summed E-state index contributed by atoms with van der Waals surface area (Å²) in [6, 6.07) is 6.43. The number of anilines is 1. The molecule has 106 valence electrons. The van der Waals surface area contributed by atoms with E-state index in [1.807, 2.05) is 6.07 Å². The summed E-state index contributed by atoms with van der Waals surface area (Å²) < 4.78 is 18.8. The van der Waals surface area contributed by atoms with Crippen molar-refractivity contribution in [2.45, 2.75) is 38.5 Å². The molecule has 1 fully saturated rings. The number of hydrogen-bond donors (Lipinski definition) is 1. The lowest BCUT2D eigenvalue weighted by molar-refractivity contribution is 0.311. The molecule has 2 N–H and O–H groups in total. The highest BCUT2D eigenvalue weighted by Crippen LogP contribution is 2.34. The van der Waals surface area contributed by atoms with Crippen molar-refractivity contribution >= 4 is 5.82 Å². The van der Waals surface area contributed by atoms with Gasteiger partial charge in [-0.3, -0.25) is 0 Å². The summed E-state index contributed by atoms with van der Waals surface area (Å²) in [6.45, 7) is 0. The fourth-order valence-corrected chi connectivity index (χ4v) is 3.08. The van der Waals surface area contributed by atoms with Crippen molar-refractivity contribution in [2.75, 3.05) is 5.73 Å². The van der Waals surface area contributed by atoms with E-state index in [1.54, 1.807) is 6.07 Å². The molecule has 1 saturated carbocycles. The van der Waals surface area contributed by atoms with Gasteiger partial charge in [0.15, 0.2) is 5.82 Å². The lowest BCUT2D eigenvalue weighted by Gasteiger charge is -2.20. The third-order valence-corrected chi connectivity index (χ3v) is 4.10. The van der Waals surface area contributed by atoms with Crippen LogP contribution in [0.2, 0.25) is 0 Å². The molecule has 1 aliphatic rings. The number of hydrogen-bond acceptors (Lipinski definition) is 3. The van der Waals surface area contributed by atoms with E-state index >= 15 is 0 Å². The van der Waals surface area contributed by atoms with Crippen molar-refractivity contribution in [2.24, 2.45) is 5.92 Å². The first-order valence-electron chi connectivity index (χ1n) is 7.24. The zero-order valence-corrected chi connectivity index (χ0v) is 11.4. The predicted molar refractivity (Wildman–Crippen MR) is 76.6 cm³/mol. The molecule has 3 rings (SSSR count). The molecular formula is C16H19FN2O. The van der Waals surface area contributed by atoms with E-state index in [0.29, 0.717) is 11.7 Å². The third-order valence-electron chi connectivity index (χ3n) is 4.10. The van der Waals surface area contributed by atoms with Crippen molar-refractivity contribution in [3.8, 4) is 11.1 Å². The highest BCUT2D eigenvalue weighted by atomic mass is 19.1. The van der Waals surface area contributed by atoms with Crippen LogP contribution in [0.1, 0.15) is 37.9 Å². The second-order valence-electron chi connectivity index (χ2n) is 5.58. The number of aromatic nitrogens is 1. The van der Waals surface area contributed by atoms with E-state index in [9.17, 15) is 4.39 Å². The van der Waals surface area contributed by atoms with Gasteiger partial charge in [0.1, 0.15) is 11.6 Å². The van der Waals surface area contributed by atoms with Crippen LogP contribution >= 0.6 is 0 Å². The van der Waals surface area contributed by atoms with Gasteiger partial charge in [0.05, 0.1) is 5.56 Å². The van der Waals surface area contributed by atoms with Gasteiger partial charge in [0, 0.05) is 6.42 Å². The first kappa shape index (κ1) is 13.2. The van der Waals surface area contributed by atoms with Crippen LogP contribution in [0.3, 0.4) is 0 Å². The molecule has 2 aromatic rings. The first-order valence-corrected chi connectivity index (χ1v) is 7.24. The van der Waals surface area contributed by atoms with E-state index in [-0.39, 0.29) is 5.82 Å². The lowest BCUT2D eigenvalue weighted by atomic mass is 9.85. The molecule has 0 atom stereocenters. The summed E-state index contributed by atoms with van der Waals surface area (Å²) in [5.41, 5.74) is 7.41. The van der Waals surface area contributed by atoms with Crippen molar-refractivity contribution in [1.82, 2.24) is 5.16 Å². The van der Waals surface area contributed by atoms with Crippen LogP contribution in [0.25, 0.3) is 11.1 Å². The summed E-state index contributed by atoms with van der Waals surface area (Å²) in [7, 11) is 0. The molecule has 20 heavy (non-hydrogen) atoms. The van der Waals surface area contributed by atoms with Gasteiger partial charge in [-0.2, -0.15) is 0 Å². The molecule has 0 saturated heterocycles. The topological polar surface area (TPSA) is 52.0 Å². The third kappa shape index (κ3) is 2.69. The van der Waals surface area contributed by atoms with E-state index in [2.05, 4.69) is 5.16 Å². The van der Waals surface area contributed by atoms with Gasteiger partial charge in [-0.1, -0.05) is 49.4 Å². The van der Waals surface area contributed by atoms with Crippen LogP contribution in [-0.4, -0.2) is 5.16 Å². The Labute approximate surface area is 118 Å². The minimum atomic E-state index is -0.272. The van der Waals surface area contributed by atoms with Crippen LogP contribution < -0.4 is 5.73 Å². The van der Waals surface area contributed by atoms with Crippen molar-refractivity contribution < 1.29 is 8.91 Å². The standard InChI is InChI=1S/C16H19FN2O/c17-13-8-4-7-12(10-13)15-14(20-19-16(15)18)9-11-5-2-1-3-6-11/h4,7-8,10-11H,1-3,5-6,9H2,(H2,18,19). The molecule has 0 radical (unpaired) electrons. The summed E-state index contributed by atoms with van der Waals surface area (Å²) in [6.07, 6.45) is 7.18. The van der Waals surface area contributed by atoms with Gasteiger partial charge in [-0.15, -0.1) is 0 Å². The Morgan fingerprint density at radius 2 is 2.05 bits per heavy atom. The highest BCUT2D eigenvalue weighted by Gasteiger charge is 2.21. The predicted octanol–water partition coefficient (Wildman–Crippen LogP) is 4.19. The monoisotopic (exact) mass is 274 g/mol. The number of nitrogens with zero attached hydrogens (tertiary/aromatic N) is 1. The first-order chi connectivity index (χ1) is 9.74. The smallest absolute Gasteiger partial charge is 0.175 e. The van der Waals surface area contributed by atoms with Gasteiger partial charge in [0.2, 0.25) is 0 Å². The zero-order chi connectivity index (χ0) is 13.9. The minimum absolute atomic E-state index is 0.272. The van der Waals surface area contributed by atoms with Crippen LogP contribution in [0, 0.1) is 11.7 Å². The van der Waals surface area contributed by atoms with Crippen LogP contribution in [0.5, 0.6) is 0 Å². The van der Waals surface area contributed by atoms with E-state index in [1.165, 1.54) is 44.2 Å². The maximum atomic E-state index is 13.4. The fraction of sp³-hybridized carbons (Fsp3) is 0.438. The molecule has 4 heteroatoms. The fourth-order valence-electron chi connectivity index (χ4n) is 3.08. The van der Waals surface area contributed by atoms with Gasteiger partial charge in [-0.25, -0.2) is 4.39 Å². The molecule has 1 aromatic carbocycles. The number of rotatable bonds is 3. The van der Waals surface area contributed by atoms with Crippen molar-refractivity contribution in [3.05, 3.63) is 35.8 Å². The Balaban J connectivity index is 1.89. The summed E-state index contributed by atoms with van der Waals surface area (Å²) in [4.78, 5) is 0. The summed E-state index contributed by atoms with van der Waals surface area (Å²) in [5.74, 6) is 1.50. The average Bonchev–Trinajstić information content (AvgIpc) is 2.81. The number of halogens is 1. The maximum absolute atomic E-state index is 13.4. The second kappa shape index (κ2) is 5.65. The molecule has 1 aromatic heterocycles. The van der Waals surface area contributed by atoms with Gasteiger partial charge in [-0.05, 0) is 23.6 Å². The highest BCUT2D eigenvalue weighted by molar-refractivity contribution is 5.75. The van der Waals surface area contributed by atoms with Gasteiger partial charge >= 0.3 is 0 Å². The Bertz CT molecular complexity index is 588. The average molecular weight is 274 g/mol. The Morgan fingerprint density at radius 3 is 2.80 bits per heavy atom. The largest absolute Gasteiger partial charge is 0.380 e. The molecule has 1 heterocycles. The maximum Gasteiger partial charge on any atom is 0.175 e. The van der Waals surface area contributed by atoms with E-state index in [0.717, 1.165) is 23.3 Å². The Kier molecular flexibility index (Phi) is 3.72. The Morgan fingerprint density at radius 1 is 1.25 bits per heavy atom. The molecule has 1 aliphatic carbocycles. The number of benzene rings is 1. The summed E-state index contributed by atoms with van der Waals surface area (Å²) >= 11 is 0. The molecule has 0 aliphatic heterocycles. The van der Waals surface area contributed by atoms with Crippen molar-refractivity contribution in [3.63, 3.8) is 0 Å². The van der Waals surface area contributed by atoms with Crippen LogP contribution in [0.4, 0.5) is 10.2 Å². The molecular weight excluding hydrogens is 255 g/mol. The van der Waals surface area contributed by atoms with Gasteiger partial charge in [0.25, 0.3) is 0 Å². The van der Waals surface area contributed by atoms with E-state index in [4.69, 9.17) is 10.3 Å². The number of nitrogens with two attached hydrogens (primary N) is 1. The molecule has 0 bridgehead atoms. The quantitative estimate of drug-likeness (QED) is 0.913.